The third-order valence-corrected chi connectivity index (χ3v) is 6.74. The fraction of sp³-hybridized carbons (Fsp3) is 0.280. The van der Waals surface area contributed by atoms with Crippen molar-refractivity contribution in [2.24, 2.45) is 17.8 Å². The third kappa shape index (κ3) is 4.19. The molecule has 2 fully saturated rings. The van der Waals surface area contributed by atoms with Gasteiger partial charge in [0.15, 0.2) is 0 Å². The van der Waals surface area contributed by atoms with Gasteiger partial charge in [-0.1, -0.05) is 41.6 Å². The molecule has 2 N–H and O–H groups in total. The van der Waals surface area contributed by atoms with E-state index in [1.165, 1.54) is 0 Å². The largest absolute Gasteiger partial charge is 0.493 e. The van der Waals surface area contributed by atoms with Gasteiger partial charge >= 0.3 is 11.8 Å². The normalized spacial score (nSPS) is 20.1. The highest BCUT2D eigenvalue weighted by molar-refractivity contribution is 5.90. The van der Waals surface area contributed by atoms with E-state index in [9.17, 15) is 4.79 Å². The predicted molar refractivity (Wildman–Crippen MR) is 130 cm³/mol. The Balaban J connectivity index is 1.10. The van der Waals surface area contributed by atoms with E-state index in [2.05, 4.69) is 25.1 Å². The second-order valence-electron chi connectivity index (χ2n) is 8.96. The molecule has 2 atom stereocenters. The number of ether oxygens (including phenoxy) is 1. The van der Waals surface area contributed by atoms with Crippen molar-refractivity contribution in [1.82, 2.24) is 30.0 Å². The zero-order valence-electron chi connectivity index (χ0n) is 19.6. The van der Waals surface area contributed by atoms with Crippen LogP contribution in [0.15, 0.2) is 65.2 Å². The zero-order chi connectivity index (χ0) is 24.6. The standard InChI is InChI=1S/C25H24N8O3/c1-32(15-8-4-2-5-9-15)25-29-20(28-24(26)30-25)21-27-22(36-31-21)23(34)33-12-17-18(13-33)19(17)14-35-16-10-6-3-7-11-16/h2-11,17-19H,12-14H2,1H3,(H2,26,28,29,30). The number of amides is 1. The van der Waals surface area contributed by atoms with Crippen LogP contribution in [0.2, 0.25) is 0 Å². The minimum atomic E-state index is -0.299. The number of rotatable bonds is 7. The van der Waals surface area contributed by atoms with Crippen LogP contribution in [0.3, 0.4) is 0 Å². The van der Waals surface area contributed by atoms with Gasteiger partial charge in [-0.3, -0.25) is 4.79 Å². The molecule has 36 heavy (non-hydrogen) atoms. The number of carbonyl (C=O) groups excluding carboxylic acids is 1. The van der Waals surface area contributed by atoms with E-state index in [-0.39, 0.29) is 29.4 Å². The summed E-state index contributed by atoms with van der Waals surface area (Å²) in [7, 11) is 1.82. The summed E-state index contributed by atoms with van der Waals surface area (Å²) in [6.45, 7) is 1.95. The van der Waals surface area contributed by atoms with E-state index in [4.69, 9.17) is 15.0 Å². The molecular weight excluding hydrogens is 460 g/mol. The first-order valence-corrected chi connectivity index (χ1v) is 11.7. The highest BCUT2D eigenvalue weighted by Gasteiger charge is 2.57. The Hall–Kier alpha value is -4.54. The van der Waals surface area contributed by atoms with Gasteiger partial charge in [0.05, 0.1) is 6.61 Å². The molecule has 4 aromatic rings. The molecule has 2 aliphatic rings. The second-order valence-corrected chi connectivity index (χ2v) is 8.96. The first-order chi connectivity index (χ1) is 17.6. The van der Waals surface area contributed by atoms with Gasteiger partial charge in [0.2, 0.25) is 23.5 Å². The average Bonchev–Trinajstić information content (AvgIpc) is 3.26. The lowest BCUT2D eigenvalue weighted by Crippen LogP contribution is -2.32. The molecule has 2 unspecified atom stereocenters. The molecule has 2 aromatic carbocycles. The minimum absolute atomic E-state index is 0.0128. The maximum absolute atomic E-state index is 13.0. The summed E-state index contributed by atoms with van der Waals surface area (Å²) >= 11 is 0. The van der Waals surface area contributed by atoms with Crippen LogP contribution in [0, 0.1) is 17.8 Å². The van der Waals surface area contributed by atoms with Gasteiger partial charge < -0.3 is 24.8 Å². The van der Waals surface area contributed by atoms with Crippen LogP contribution in [0.1, 0.15) is 10.7 Å². The van der Waals surface area contributed by atoms with Crippen LogP contribution in [0.5, 0.6) is 5.75 Å². The Bertz CT molecular complexity index is 1370. The van der Waals surface area contributed by atoms with Crippen molar-refractivity contribution in [3.05, 3.63) is 66.6 Å². The quantitative estimate of drug-likeness (QED) is 0.417. The molecule has 1 saturated carbocycles. The lowest BCUT2D eigenvalue weighted by atomic mass is 10.2. The topological polar surface area (TPSA) is 136 Å². The van der Waals surface area contributed by atoms with Crippen molar-refractivity contribution in [2.75, 3.05) is 37.4 Å². The van der Waals surface area contributed by atoms with Crippen LogP contribution in [0.4, 0.5) is 17.6 Å². The highest BCUT2D eigenvalue weighted by Crippen LogP contribution is 2.52. The smallest absolute Gasteiger partial charge is 0.316 e. The van der Waals surface area contributed by atoms with Gasteiger partial charge in [0.25, 0.3) is 0 Å². The number of aromatic nitrogens is 5. The van der Waals surface area contributed by atoms with E-state index in [0.29, 0.717) is 43.4 Å². The molecule has 2 aromatic heterocycles. The lowest BCUT2D eigenvalue weighted by Gasteiger charge is -2.18. The third-order valence-electron chi connectivity index (χ3n) is 6.74. The van der Waals surface area contributed by atoms with Crippen LogP contribution in [0.25, 0.3) is 11.6 Å². The summed E-state index contributed by atoms with van der Waals surface area (Å²) in [6.07, 6.45) is 0. The van der Waals surface area contributed by atoms with Crippen molar-refractivity contribution in [3.63, 3.8) is 0 Å². The molecule has 6 rings (SSSR count). The first kappa shape index (κ1) is 22.0. The van der Waals surface area contributed by atoms with Crippen LogP contribution < -0.4 is 15.4 Å². The number of nitrogens with zero attached hydrogens (tertiary/aromatic N) is 7. The van der Waals surface area contributed by atoms with Gasteiger partial charge in [0, 0.05) is 31.7 Å². The number of para-hydroxylation sites is 2. The molecule has 0 radical (unpaired) electrons. The number of fused-ring (bicyclic) bond motifs is 1. The van der Waals surface area contributed by atoms with Crippen molar-refractivity contribution in [2.45, 2.75) is 0 Å². The van der Waals surface area contributed by atoms with Gasteiger partial charge in [-0.25, -0.2) is 0 Å². The minimum Gasteiger partial charge on any atom is -0.493 e. The zero-order valence-corrected chi connectivity index (χ0v) is 19.6. The Morgan fingerprint density at radius 1 is 1.00 bits per heavy atom. The maximum Gasteiger partial charge on any atom is 0.316 e. The number of nitrogen functional groups attached to an aromatic ring is 1. The molecule has 0 spiro atoms. The van der Waals surface area contributed by atoms with Crippen LogP contribution in [-0.4, -0.2) is 62.6 Å². The molecule has 182 valence electrons. The predicted octanol–water partition coefficient (Wildman–Crippen LogP) is 2.67. The van der Waals surface area contributed by atoms with E-state index in [1.807, 2.05) is 67.7 Å². The number of carbonyl (C=O) groups is 1. The number of likely N-dealkylation sites (tertiary alicyclic amines) is 1. The Labute approximate surface area is 206 Å². The van der Waals surface area contributed by atoms with Gasteiger partial charge in [-0.15, -0.1) is 0 Å². The Morgan fingerprint density at radius 2 is 1.69 bits per heavy atom. The first-order valence-electron chi connectivity index (χ1n) is 11.7. The summed E-state index contributed by atoms with van der Waals surface area (Å²) in [4.78, 5) is 33.5. The van der Waals surface area contributed by atoms with E-state index >= 15 is 0 Å². The molecular formula is C25H24N8O3. The summed E-state index contributed by atoms with van der Waals surface area (Å²) in [5.41, 5.74) is 6.79. The fourth-order valence-corrected chi connectivity index (χ4v) is 4.71. The number of benzene rings is 2. The highest BCUT2D eigenvalue weighted by atomic mass is 16.5. The number of anilines is 3. The molecule has 3 heterocycles. The monoisotopic (exact) mass is 484 g/mol. The van der Waals surface area contributed by atoms with Crippen molar-refractivity contribution < 1.29 is 14.1 Å². The molecule has 11 heteroatoms. The summed E-state index contributed by atoms with van der Waals surface area (Å²) in [6, 6.07) is 19.4. The summed E-state index contributed by atoms with van der Waals surface area (Å²) in [5, 5.41) is 3.92. The molecule has 1 aliphatic heterocycles. The van der Waals surface area contributed by atoms with E-state index in [1.54, 1.807) is 9.80 Å². The van der Waals surface area contributed by atoms with Gasteiger partial charge in [-0.05, 0) is 36.1 Å². The lowest BCUT2D eigenvalue weighted by molar-refractivity contribution is 0.0712. The molecule has 0 bridgehead atoms. The maximum atomic E-state index is 13.0. The van der Waals surface area contributed by atoms with Crippen LogP contribution >= 0.6 is 0 Å². The number of hydrogen-bond donors (Lipinski definition) is 1. The molecule has 11 nitrogen and oxygen atoms in total. The summed E-state index contributed by atoms with van der Waals surface area (Å²) in [5.74, 6) is 2.33. The molecule has 1 aliphatic carbocycles. The van der Waals surface area contributed by atoms with Gasteiger partial charge in [0.1, 0.15) is 5.75 Å². The number of nitrogens with two attached hydrogens (primary N) is 1. The van der Waals surface area contributed by atoms with Crippen LogP contribution in [-0.2, 0) is 0 Å². The summed E-state index contributed by atoms with van der Waals surface area (Å²) < 4.78 is 11.2. The SMILES string of the molecule is CN(c1ccccc1)c1nc(N)nc(-c2noc(C(=O)N3CC4C(COc5ccccc5)C4C3)n2)n1. The van der Waals surface area contributed by atoms with Crippen molar-refractivity contribution in [1.29, 1.82) is 0 Å². The fourth-order valence-electron chi connectivity index (χ4n) is 4.71. The number of hydrogen-bond acceptors (Lipinski definition) is 10. The van der Waals surface area contributed by atoms with E-state index < -0.39 is 0 Å². The molecule has 1 saturated heterocycles. The van der Waals surface area contributed by atoms with E-state index in [0.717, 1.165) is 11.4 Å². The number of piperidine rings is 1. The van der Waals surface area contributed by atoms with Crippen molar-refractivity contribution in [3.8, 4) is 17.4 Å². The molecule has 1 amide bonds. The Kier molecular flexibility index (Phi) is 5.44. The average molecular weight is 485 g/mol. The second kappa shape index (κ2) is 8.91. The Morgan fingerprint density at radius 3 is 2.42 bits per heavy atom. The van der Waals surface area contributed by atoms with Gasteiger partial charge in [-0.2, -0.15) is 19.9 Å². The van der Waals surface area contributed by atoms with Crippen molar-refractivity contribution >= 4 is 23.5 Å².